The monoisotopic (exact) mass is 146 g/mol. The molecule has 0 aliphatic carbocycles. The lowest BCUT2D eigenvalue weighted by atomic mass is 10.5. The van der Waals surface area contributed by atoms with Gasteiger partial charge in [-0.05, 0) is 0 Å². The number of halogens is 5. The molecule has 5 heteroatoms. The van der Waals surface area contributed by atoms with Crippen LogP contribution >= 0.6 is 0 Å². The van der Waals surface area contributed by atoms with Gasteiger partial charge in [-0.1, -0.05) is 0 Å². The van der Waals surface area contributed by atoms with Crippen LogP contribution in [0.4, 0.5) is 22.0 Å². The normalized spacial score (nSPS) is 14.0. The Kier molecular flexibility index (Phi) is 3.19. The first-order valence-corrected chi connectivity index (χ1v) is 1.97. The van der Waals surface area contributed by atoms with Crippen molar-refractivity contribution >= 4 is 0 Å². The van der Waals surface area contributed by atoms with Crippen LogP contribution < -0.4 is 0 Å². The lowest BCUT2D eigenvalue weighted by molar-refractivity contribution is 0.151. The second kappa shape index (κ2) is 3.42. The van der Waals surface area contributed by atoms with Crippen molar-refractivity contribution in [2.75, 3.05) is 6.67 Å². The summed E-state index contributed by atoms with van der Waals surface area (Å²) in [6.07, 6.45) is -3.55. The second-order valence-electron chi connectivity index (χ2n) is 1.19. The van der Waals surface area contributed by atoms with Crippen LogP contribution in [-0.2, 0) is 0 Å². The Labute approximate surface area is 48.0 Å². The van der Waals surface area contributed by atoms with Crippen LogP contribution in [0.1, 0.15) is 0 Å². The Morgan fingerprint density at radius 2 is 1.67 bits per heavy atom. The Hall–Kier alpha value is -0.610. The molecule has 54 valence electrons. The molecule has 0 saturated heterocycles. The molecule has 9 heavy (non-hydrogen) atoms. The van der Waals surface area contributed by atoms with Crippen molar-refractivity contribution in [3.05, 3.63) is 11.7 Å². The van der Waals surface area contributed by atoms with Gasteiger partial charge >= 0.3 is 0 Å². The van der Waals surface area contributed by atoms with Gasteiger partial charge in [0.05, 0.1) is 0 Å². The molecule has 0 heterocycles. The van der Waals surface area contributed by atoms with Gasteiger partial charge in [0.2, 0.25) is 0 Å². The minimum atomic E-state index is -3.55. The summed E-state index contributed by atoms with van der Waals surface area (Å²) in [5.74, 6) is -4.36. The maximum atomic E-state index is 11.4. The third-order valence-electron chi connectivity index (χ3n) is 0.568. The number of rotatable bonds is 2. The zero-order valence-corrected chi connectivity index (χ0v) is 4.17. The minimum absolute atomic E-state index is 1.82. The summed E-state index contributed by atoms with van der Waals surface area (Å²) >= 11 is 0. The molecule has 0 aromatic heterocycles. The van der Waals surface area contributed by atoms with Crippen molar-refractivity contribution < 1.29 is 22.0 Å². The molecule has 0 atom stereocenters. The molecule has 0 aromatic carbocycles. The first-order chi connectivity index (χ1) is 4.09. The van der Waals surface area contributed by atoms with Crippen LogP contribution in [0.15, 0.2) is 11.7 Å². The molecule has 0 unspecified atom stereocenters. The maximum Gasteiger partial charge on any atom is 0.292 e. The van der Waals surface area contributed by atoms with Gasteiger partial charge in [0.15, 0.2) is 11.7 Å². The molecule has 0 aliphatic rings. The second-order valence-corrected chi connectivity index (χ2v) is 1.19. The molecule has 0 N–H and O–H groups in total. The fourth-order valence-corrected chi connectivity index (χ4v) is 0.182. The predicted molar refractivity (Wildman–Crippen MR) is 21.2 cm³/mol. The quantitative estimate of drug-likeness (QED) is 0.524. The highest BCUT2D eigenvalue weighted by Crippen LogP contribution is 2.16. The molecule has 0 saturated carbocycles. The summed E-state index contributed by atoms with van der Waals surface area (Å²) in [5, 5.41) is 0. The summed E-state index contributed by atoms with van der Waals surface area (Å²) in [6.45, 7) is -1.82. The molecule has 0 bridgehead atoms. The Bertz CT molecular complexity index is 116. The van der Waals surface area contributed by atoms with E-state index in [4.69, 9.17) is 0 Å². The molecule has 0 nitrogen and oxygen atoms in total. The van der Waals surface area contributed by atoms with E-state index in [9.17, 15) is 22.0 Å². The molecule has 0 aromatic rings. The average Bonchev–Trinajstić information content (AvgIpc) is 1.84. The molecular weight excluding hydrogens is 143 g/mol. The van der Waals surface area contributed by atoms with Crippen LogP contribution in [0.2, 0.25) is 0 Å². The predicted octanol–water partition coefficient (Wildman–Crippen LogP) is 2.37. The van der Waals surface area contributed by atoms with E-state index in [1.54, 1.807) is 0 Å². The van der Waals surface area contributed by atoms with Crippen LogP contribution in [-0.4, -0.2) is 13.1 Å². The maximum absolute atomic E-state index is 11.4. The summed E-state index contributed by atoms with van der Waals surface area (Å²) < 4.78 is 55.9. The highest BCUT2D eigenvalue weighted by molar-refractivity contribution is 5.01. The zero-order chi connectivity index (χ0) is 7.44. The molecule has 0 fully saturated rings. The molecule has 0 aliphatic heterocycles. The highest BCUT2D eigenvalue weighted by atomic mass is 19.3. The number of alkyl halides is 3. The Morgan fingerprint density at radius 1 is 1.22 bits per heavy atom. The van der Waals surface area contributed by atoms with Crippen LogP contribution in [0.5, 0.6) is 0 Å². The topological polar surface area (TPSA) is 0 Å². The van der Waals surface area contributed by atoms with E-state index in [2.05, 4.69) is 0 Å². The van der Waals surface area contributed by atoms with Gasteiger partial charge in [0.25, 0.3) is 6.43 Å². The van der Waals surface area contributed by atoms with E-state index < -0.39 is 24.8 Å². The van der Waals surface area contributed by atoms with Gasteiger partial charge in [0, 0.05) is 0 Å². The van der Waals surface area contributed by atoms with Crippen molar-refractivity contribution in [2.45, 2.75) is 6.43 Å². The van der Waals surface area contributed by atoms with Gasteiger partial charge in [-0.25, -0.2) is 22.0 Å². The highest BCUT2D eigenvalue weighted by Gasteiger charge is 2.16. The molecule has 0 amide bonds. The Morgan fingerprint density at radius 3 is 1.78 bits per heavy atom. The molecular formula is C4H3F5. The third-order valence-corrected chi connectivity index (χ3v) is 0.568. The fraction of sp³-hybridized carbons (Fsp3) is 0.500. The van der Waals surface area contributed by atoms with E-state index in [1.165, 1.54) is 0 Å². The summed E-state index contributed by atoms with van der Waals surface area (Å²) in [5.41, 5.74) is 0. The van der Waals surface area contributed by atoms with Crippen LogP contribution in [0.3, 0.4) is 0 Å². The van der Waals surface area contributed by atoms with E-state index in [0.29, 0.717) is 0 Å². The SMILES string of the molecule is FC/C(F)=C(\F)C(F)F. The van der Waals surface area contributed by atoms with E-state index in [1.807, 2.05) is 0 Å². The summed E-state index contributed by atoms with van der Waals surface area (Å²) in [4.78, 5) is 0. The smallest absolute Gasteiger partial charge is 0.243 e. The lowest BCUT2D eigenvalue weighted by Crippen LogP contribution is -1.94. The number of hydrogen-bond donors (Lipinski definition) is 0. The van der Waals surface area contributed by atoms with Crippen molar-refractivity contribution in [3.8, 4) is 0 Å². The molecule has 0 spiro atoms. The van der Waals surface area contributed by atoms with E-state index in [0.717, 1.165) is 0 Å². The van der Waals surface area contributed by atoms with Crippen LogP contribution in [0.25, 0.3) is 0 Å². The van der Waals surface area contributed by atoms with Gasteiger partial charge in [0.1, 0.15) is 6.67 Å². The largest absolute Gasteiger partial charge is 0.292 e. The summed E-state index contributed by atoms with van der Waals surface area (Å²) in [7, 11) is 0. The van der Waals surface area contributed by atoms with Crippen molar-refractivity contribution in [1.29, 1.82) is 0 Å². The van der Waals surface area contributed by atoms with Gasteiger partial charge in [-0.15, -0.1) is 0 Å². The number of hydrogen-bond acceptors (Lipinski definition) is 0. The third kappa shape index (κ3) is 2.43. The van der Waals surface area contributed by atoms with Crippen LogP contribution in [0, 0.1) is 0 Å². The number of allylic oxidation sites excluding steroid dienone is 2. The first-order valence-electron chi connectivity index (χ1n) is 1.97. The molecule has 0 radical (unpaired) electrons. The van der Waals surface area contributed by atoms with Crippen molar-refractivity contribution in [1.82, 2.24) is 0 Å². The Balaban J connectivity index is 4.10. The standard InChI is InChI=1S/C4H3F5/c5-1-2(6)3(7)4(8)9/h4H,1H2/b3-2+. The van der Waals surface area contributed by atoms with Gasteiger partial charge in [-0.2, -0.15) is 0 Å². The summed E-state index contributed by atoms with van der Waals surface area (Å²) in [6, 6.07) is 0. The zero-order valence-electron chi connectivity index (χ0n) is 4.17. The van der Waals surface area contributed by atoms with E-state index >= 15 is 0 Å². The fourth-order valence-electron chi connectivity index (χ4n) is 0.182. The van der Waals surface area contributed by atoms with Crippen molar-refractivity contribution in [2.24, 2.45) is 0 Å². The van der Waals surface area contributed by atoms with Crippen molar-refractivity contribution in [3.63, 3.8) is 0 Å². The van der Waals surface area contributed by atoms with Gasteiger partial charge < -0.3 is 0 Å². The lowest BCUT2D eigenvalue weighted by Gasteiger charge is -1.92. The average molecular weight is 146 g/mol. The van der Waals surface area contributed by atoms with Gasteiger partial charge in [-0.3, -0.25) is 0 Å². The first kappa shape index (κ1) is 8.39. The minimum Gasteiger partial charge on any atom is -0.243 e. The molecule has 0 rings (SSSR count). The van der Waals surface area contributed by atoms with E-state index in [-0.39, 0.29) is 0 Å².